The number of benzene rings is 2. The highest BCUT2D eigenvalue weighted by molar-refractivity contribution is 5.91. The standard InChI is InChI=1S/C26H27N5O2/c32-21(19-33-22-8-2-1-3-9-22)18-30-13-15-31(16-14-30)26-23-10-4-5-11-24(23)28-25(29-26)20-7-6-12-27-17-20/h1-12,17,21,32H,13-16,18-19H2. The summed E-state index contributed by atoms with van der Waals surface area (Å²) in [4.78, 5) is 18.5. The number of β-amino-alcohol motifs (C(OH)–C–C–N with tert-alkyl or cyclic N) is 1. The molecule has 1 atom stereocenters. The lowest BCUT2D eigenvalue weighted by Gasteiger charge is -2.36. The van der Waals surface area contributed by atoms with Crippen LogP contribution in [-0.4, -0.2) is 70.4 Å². The number of piperazine rings is 1. The van der Waals surface area contributed by atoms with Gasteiger partial charge >= 0.3 is 0 Å². The normalized spacial score (nSPS) is 15.5. The Hall–Kier alpha value is -3.55. The average Bonchev–Trinajstić information content (AvgIpc) is 2.88. The molecule has 0 bridgehead atoms. The number of rotatable bonds is 7. The summed E-state index contributed by atoms with van der Waals surface area (Å²) >= 11 is 0. The van der Waals surface area contributed by atoms with Gasteiger partial charge in [-0.1, -0.05) is 30.3 Å². The minimum absolute atomic E-state index is 0.287. The van der Waals surface area contributed by atoms with Gasteiger partial charge in [0.05, 0.1) is 5.52 Å². The summed E-state index contributed by atoms with van der Waals surface area (Å²) in [5.74, 6) is 2.42. The number of fused-ring (bicyclic) bond motifs is 1. The maximum atomic E-state index is 10.4. The quantitative estimate of drug-likeness (QED) is 0.472. The number of pyridine rings is 1. The number of aliphatic hydroxyl groups excluding tert-OH is 1. The predicted molar refractivity (Wildman–Crippen MR) is 129 cm³/mol. The van der Waals surface area contributed by atoms with E-state index >= 15 is 0 Å². The van der Waals surface area contributed by atoms with E-state index in [0.717, 1.165) is 54.2 Å². The topological polar surface area (TPSA) is 74.6 Å². The second-order valence-corrected chi connectivity index (χ2v) is 8.20. The van der Waals surface area contributed by atoms with Gasteiger partial charge in [0.25, 0.3) is 0 Å². The summed E-state index contributed by atoms with van der Waals surface area (Å²) in [5, 5.41) is 11.5. The first kappa shape index (κ1) is 21.3. The van der Waals surface area contributed by atoms with Gasteiger partial charge in [0.2, 0.25) is 0 Å². The van der Waals surface area contributed by atoms with Crippen LogP contribution < -0.4 is 9.64 Å². The average molecular weight is 442 g/mol. The Labute approximate surface area is 193 Å². The van der Waals surface area contributed by atoms with Crippen LogP contribution in [0, 0.1) is 0 Å². The lowest BCUT2D eigenvalue weighted by Crippen LogP contribution is -2.49. The van der Waals surface area contributed by atoms with E-state index in [2.05, 4.69) is 20.9 Å². The zero-order valence-electron chi connectivity index (χ0n) is 18.4. The van der Waals surface area contributed by atoms with Crippen molar-refractivity contribution in [2.24, 2.45) is 0 Å². The molecule has 1 saturated heterocycles. The predicted octanol–water partition coefficient (Wildman–Crippen LogP) is 3.25. The molecule has 0 aliphatic carbocycles. The molecule has 5 rings (SSSR count). The van der Waals surface area contributed by atoms with E-state index in [1.54, 1.807) is 12.4 Å². The van der Waals surface area contributed by atoms with Gasteiger partial charge in [0.1, 0.15) is 24.3 Å². The summed E-state index contributed by atoms with van der Waals surface area (Å²) in [6.45, 7) is 4.24. The van der Waals surface area contributed by atoms with Crippen molar-refractivity contribution < 1.29 is 9.84 Å². The van der Waals surface area contributed by atoms with E-state index in [-0.39, 0.29) is 6.61 Å². The first-order valence-electron chi connectivity index (χ1n) is 11.3. The highest BCUT2D eigenvalue weighted by Crippen LogP contribution is 2.28. The van der Waals surface area contributed by atoms with Crippen LogP contribution in [0.3, 0.4) is 0 Å². The molecule has 168 valence electrons. The Morgan fingerprint density at radius 3 is 2.45 bits per heavy atom. The van der Waals surface area contributed by atoms with E-state index in [9.17, 15) is 5.11 Å². The number of aliphatic hydroxyl groups is 1. The second-order valence-electron chi connectivity index (χ2n) is 8.20. The van der Waals surface area contributed by atoms with Crippen molar-refractivity contribution in [3.05, 3.63) is 79.1 Å². The van der Waals surface area contributed by atoms with Crippen LogP contribution in [0.2, 0.25) is 0 Å². The number of para-hydroxylation sites is 2. The number of anilines is 1. The third kappa shape index (κ3) is 5.10. The molecule has 4 aromatic rings. The highest BCUT2D eigenvalue weighted by atomic mass is 16.5. The third-order valence-electron chi connectivity index (χ3n) is 5.83. The van der Waals surface area contributed by atoms with E-state index in [1.807, 2.05) is 60.7 Å². The van der Waals surface area contributed by atoms with Gasteiger partial charge in [-0.2, -0.15) is 0 Å². The lowest BCUT2D eigenvalue weighted by atomic mass is 10.2. The number of hydrogen-bond acceptors (Lipinski definition) is 7. The van der Waals surface area contributed by atoms with Gasteiger partial charge in [-0.25, -0.2) is 9.97 Å². The van der Waals surface area contributed by atoms with E-state index in [1.165, 1.54) is 0 Å². The molecule has 2 aromatic carbocycles. The van der Waals surface area contributed by atoms with Crippen LogP contribution >= 0.6 is 0 Å². The molecule has 1 fully saturated rings. The molecule has 7 nitrogen and oxygen atoms in total. The largest absolute Gasteiger partial charge is 0.491 e. The smallest absolute Gasteiger partial charge is 0.163 e. The van der Waals surface area contributed by atoms with Gasteiger partial charge in [-0.3, -0.25) is 9.88 Å². The van der Waals surface area contributed by atoms with Crippen molar-refractivity contribution in [1.29, 1.82) is 0 Å². The van der Waals surface area contributed by atoms with Crippen molar-refractivity contribution in [3.63, 3.8) is 0 Å². The fraction of sp³-hybridized carbons (Fsp3) is 0.269. The Bertz CT molecular complexity index is 1180. The van der Waals surface area contributed by atoms with Crippen LogP contribution in [0.25, 0.3) is 22.3 Å². The van der Waals surface area contributed by atoms with Crippen molar-refractivity contribution in [2.75, 3.05) is 44.2 Å². The Morgan fingerprint density at radius 1 is 0.879 bits per heavy atom. The molecule has 0 radical (unpaired) electrons. The molecule has 0 saturated carbocycles. The zero-order chi connectivity index (χ0) is 22.5. The van der Waals surface area contributed by atoms with Crippen molar-refractivity contribution in [1.82, 2.24) is 19.9 Å². The van der Waals surface area contributed by atoms with Gasteiger partial charge < -0.3 is 14.7 Å². The van der Waals surface area contributed by atoms with Crippen LogP contribution in [-0.2, 0) is 0 Å². The zero-order valence-corrected chi connectivity index (χ0v) is 18.4. The summed E-state index contributed by atoms with van der Waals surface area (Å²) < 4.78 is 5.69. The minimum atomic E-state index is -0.534. The molecule has 1 unspecified atom stereocenters. The Morgan fingerprint density at radius 2 is 1.67 bits per heavy atom. The van der Waals surface area contributed by atoms with Gasteiger partial charge in [-0.05, 0) is 36.4 Å². The monoisotopic (exact) mass is 441 g/mol. The molecule has 0 amide bonds. The maximum Gasteiger partial charge on any atom is 0.163 e. The maximum absolute atomic E-state index is 10.4. The second kappa shape index (κ2) is 9.94. The number of ether oxygens (including phenoxy) is 1. The fourth-order valence-corrected chi connectivity index (χ4v) is 4.13. The molecular formula is C26H27N5O2. The molecule has 0 spiro atoms. The third-order valence-corrected chi connectivity index (χ3v) is 5.83. The number of aromatic nitrogens is 3. The van der Waals surface area contributed by atoms with Crippen molar-refractivity contribution in [3.8, 4) is 17.1 Å². The molecule has 3 heterocycles. The van der Waals surface area contributed by atoms with Crippen molar-refractivity contribution >= 4 is 16.7 Å². The number of nitrogens with zero attached hydrogens (tertiary/aromatic N) is 5. The van der Waals surface area contributed by atoms with E-state index in [0.29, 0.717) is 12.4 Å². The fourth-order valence-electron chi connectivity index (χ4n) is 4.13. The molecule has 1 N–H and O–H groups in total. The molecular weight excluding hydrogens is 414 g/mol. The van der Waals surface area contributed by atoms with Gasteiger partial charge in [-0.15, -0.1) is 0 Å². The van der Waals surface area contributed by atoms with Crippen LogP contribution in [0.15, 0.2) is 79.1 Å². The Balaban J connectivity index is 1.25. The summed E-state index contributed by atoms with van der Waals surface area (Å²) in [6.07, 6.45) is 3.02. The van der Waals surface area contributed by atoms with Crippen LogP contribution in [0.1, 0.15) is 0 Å². The molecule has 2 aromatic heterocycles. The lowest BCUT2D eigenvalue weighted by molar-refractivity contribution is 0.0663. The summed E-state index contributed by atoms with van der Waals surface area (Å²) in [5.41, 5.74) is 1.84. The minimum Gasteiger partial charge on any atom is -0.491 e. The molecule has 1 aliphatic rings. The SMILES string of the molecule is OC(COc1ccccc1)CN1CCN(c2nc(-c3cccnc3)nc3ccccc23)CC1. The first-order valence-corrected chi connectivity index (χ1v) is 11.3. The highest BCUT2D eigenvalue weighted by Gasteiger charge is 2.23. The van der Waals surface area contributed by atoms with Gasteiger partial charge in [0.15, 0.2) is 5.82 Å². The van der Waals surface area contributed by atoms with Crippen LogP contribution in [0.5, 0.6) is 5.75 Å². The van der Waals surface area contributed by atoms with Crippen molar-refractivity contribution in [2.45, 2.75) is 6.10 Å². The molecule has 7 heteroatoms. The van der Waals surface area contributed by atoms with E-state index < -0.39 is 6.10 Å². The molecule has 1 aliphatic heterocycles. The summed E-state index contributed by atoms with van der Waals surface area (Å²) in [6, 6.07) is 21.6. The van der Waals surface area contributed by atoms with Gasteiger partial charge in [0, 0.05) is 56.1 Å². The summed E-state index contributed by atoms with van der Waals surface area (Å²) in [7, 11) is 0. The molecule has 33 heavy (non-hydrogen) atoms. The van der Waals surface area contributed by atoms with Crippen LogP contribution in [0.4, 0.5) is 5.82 Å². The number of hydrogen-bond donors (Lipinski definition) is 1. The Kier molecular flexibility index (Phi) is 6.41. The van der Waals surface area contributed by atoms with E-state index in [4.69, 9.17) is 14.7 Å². The first-order chi connectivity index (χ1) is 16.3.